The van der Waals surface area contributed by atoms with Gasteiger partial charge in [0.05, 0.1) is 13.0 Å². The van der Waals surface area contributed by atoms with E-state index in [1.807, 2.05) is 24.3 Å². The third-order valence-corrected chi connectivity index (χ3v) is 6.77. The van der Waals surface area contributed by atoms with Gasteiger partial charge in [-0.3, -0.25) is 14.4 Å². The molecule has 1 aliphatic heterocycles. The third-order valence-electron chi connectivity index (χ3n) is 6.30. The van der Waals surface area contributed by atoms with E-state index >= 15 is 0 Å². The van der Waals surface area contributed by atoms with Crippen LogP contribution in [0.2, 0.25) is 0 Å². The lowest BCUT2D eigenvalue weighted by molar-refractivity contribution is -0.135. The number of anilines is 1. The molecule has 0 unspecified atom stereocenters. The van der Waals surface area contributed by atoms with Crippen LogP contribution in [0.25, 0.3) is 11.1 Å². The van der Waals surface area contributed by atoms with Crippen LogP contribution >= 0.6 is 15.9 Å². The first kappa shape index (κ1) is 26.5. The van der Waals surface area contributed by atoms with E-state index in [4.69, 9.17) is 0 Å². The predicted octanol–water partition coefficient (Wildman–Crippen LogP) is 4.14. The molecule has 37 heavy (non-hydrogen) atoms. The molecule has 0 radical (unpaired) electrons. The summed E-state index contributed by atoms with van der Waals surface area (Å²) in [6, 6.07) is 16.9. The lowest BCUT2D eigenvalue weighted by Gasteiger charge is -2.30. The molecular weight excluding hydrogens is 536 g/mol. The monoisotopic (exact) mass is 564 g/mol. The van der Waals surface area contributed by atoms with Gasteiger partial charge < -0.3 is 20.6 Å². The second-order valence-electron chi connectivity index (χ2n) is 8.92. The highest BCUT2D eigenvalue weighted by molar-refractivity contribution is 9.10. The number of pyridine rings is 1. The van der Waals surface area contributed by atoms with Gasteiger partial charge >= 0.3 is 0 Å². The van der Waals surface area contributed by atoms with E-state index in [0.717, 1.165) is 40.4 Å². The highest BCUT2D eigenvalue weighted by Crippen LogP contribution is 2.24. The molecule has 1 fully saturated rings. The number of likely N-dealkylation sites (tertiary alicyclic amines) is 1. The minimum absolute atomic E-state index is 0.0868. The second-order valence-corrected chi connectivity index (χ2v) is 9.83. The summed E-state index contributed by atoms with van der Waals surface area (Å²) in [6.45, 7) is 1.14. The van der Waals surface area contributed by atoms with Crippen LogP contribution < -0.4 is 10.6 Å². The van der Waals surface area contributed by atoms with Gasteiger partial charge in [-0.05, 0) is 76.1 Å². The van der Waals surface area contributed by atoms with Crippen molar-refractivity contribution in [1.82, 2.24) is 15.2 Å². The highest BCUT2D eigenvalue weighted by Gasteiger charge is 2.29. The summed E-state index contributed by atoms with van der Waals surface area (Å²) < 4.78 is 0.779. The summed E-state index contributed by atoms with van der Waals surface area (Å²) in [6.07, 6.45) is 4.22. The average Bonchev–Trinajstić information content (AvgIpc) is 2.94. The second kappa shape index (κ2) is 12.6. The number of amides is 3. The number of piperidine rings is 1. The molecule has 0 bridgehead atoms. The standard InChI is InChI=1S/C28H29BrN4O4/c29-22-12-13-25(30-17-22)32-26(35)16-24(28(37)33-14-4-1-5-15-33)31-27(36)20-10-8-19(9-11-20)23-7-3-2-6-21(23)18-34/h2-3,6-13,17,24,34H,1,4-5,14-16,18H2,(H,31,36)(H,30,32,35)/t24-/m0/s1. The summed E-state index contributed by atoms with van der Waals surface area (Å²) >= 11 is 3.31. The number of aromatic nitrogens is 1. The number of aliphatic hydroxyl groups is 1. The van der Waals surface area contributed by atoms with Gasteiger partial charge in [0.25, 0.3) is 5.91 Å². The van der Waals surface area contributed by atoms with Crippen LogP contribution in [0.5, 0.6) is 0 Å². The number of hydrogen-bond acceptors (Lipinski definition) is 5. The molecular formula is C28H29BrN4O4. The van der Waals surface area contributed by atoms with Crippen molar-refractivity contribution in [2.24, 2.45) is 0 Å². The first-order valence-electron chi connectivity index (χ1n) is 12.2. The fraction of sp³-hybridized carbons (Fsp3) is 0.286. The fourth-order valence-corrected chi connectivity index (χ4v) is 4.58. The summed E-state index contributed by atoms with van der Waals surface area (Å²) in [7, 11) is 0. The van der Waals surface area contributed by atoms with Crippen molar-refractivity contribution in [3.05, 3.63) is 82.5 Å². The molecule has 192 valence electrons. The third kappa shape index (κ3) is 7.02. The number of carbonyl (C=O) groups excluding carboxylic acids is 3. The Kier molecular flexibility index (Phi) is 9.03. The van der Waals surface area contributed by atoms with E-state index in [-0.39, 0.29) is 18.9 Å². The van der Waals surface area contributed by atoms with Gasteiger partial charge in [-0.1, -0.05) is 36.4 Å². The van der Waals surface area contributed by atoms with E-state index in [9.17, 15) is 19.5 Å². The first-order chi connectivity index (χ1) is 17.9. The molecule has 3 N–H and O–H groups in total. The van der Waals surface area contributed by atoms with Crippen LogP contribution in [-0.2, 0) is 16.2 Å². The number of carbonyl (C=O) groups is 3. The Morgan fingerprint density at radius 2 is 1.70 bits per heavy atom. The number of aliphatic hydroxyl groups excluding tert-OH is 1. The zero-order valence-corrected chi connectivity index (χ0v) is 21.9. The largest absolute Gasteiger partial charge is 0.392 e. The summed E-state index contributed by atoms with van der Waals surface area (Å²) in [5.74, 6) is -0.753. The van der Waals surface area contributed by atoms with Crippen molar-refractivity contribution in [1.29, 1.82) is 0 Å². The molecule has 1 saturated heterocycles. The minimum Gasteiger partial charge on any atom is -0.392 e. The molecule has 2 aromatic carbocycles. The van der Waals surface area contributed by atoms with Crippen molar-refractivity contribution in [3.8, 4) is 11.1 Å². The maximum Gasteiger partial charge on any atom is 0.251 e. The van der Waals surface area contributed by atoms with Gasteiger partial charge in [-0.2, -0.15) is 0 Å². The smallest absolute Gasteiger partial charge is 0.251 e. The molecule has 0 spiro atoms. The van der Waals surface area contributed by atoms with Crippen molar-refractivity contribution in [2.75, 3.05) is 18.4 Å². The average molecular weight is 565 g/mol. The molecule has 9 heteroatoms. The topological polar surface area (TPSA) is 112 Å². The van der Waals surface area contributed by atoms with Crippen molar-refractivity contribution < 1.29 is 19.5 Å². The van der Waals surface area contributed by atoms with Gasteiger partial charge in [-0.15, -0.1) is 0 Å². The Hall–Kier alpha value is -3.56. The van der Waals surface area contributed by atoms with Gasteiger partial charge in [0.15, 0.2) is 0 Å². The van der Waals surface area contributed by atoms with Crippen LogP contribution in [0.15, 0.2) is 71.3 Å². The lowest BCUT2D eigenvalue weighted by Crippen LogP contribution is -2.51. The molecule has 0 aliphatic carbocycles. The molecule has 3 amide bonds. The number of hydrogen-bond donors (Lipinski definition) is 3. The van der Waals surface area contributed by atoms with Crippen molar-refractivity contribution >= 4 is 39.5 Å². The zero-order chi connectivity index (χ0) is 26.2. The Bertz CT molecular complexity index is 1240. The summed E-state index contributed by atoms with van der Waals surface area (Å²) in [5.41, 5.74) is 2.91. The molecule has 1 aromatic heterocycles. The van der Waals surface area contributed by atoms with E-state index < -0.39 is 17.9 Å². The van der Waals surface area contributed by atoms with Gasteiger partial charge in [0.1, 0.15) is 11.9 Å². The highest BCUT2D eigenvalue weighted by atomic mass is 79.9. The van der Waals surface area contributed by atoms with E-state index in [1.54, 1.807) is 47.5 Å². The molecule has 8 nitrogen and oxygen atoms in total. The SMILES string of the molecule is O=C(C[C@H](NC(=O)c1ccc(-c2ccccc2CO)cc1)C(=O)N1CCCCC1)Nc1ccc(Br)cn1. The Labute approximate surface area is 224 Å². The number of halogens is 1. The quantitative estimate of drug-likeness (QED) is 0.380. The summed E-state index contributed by atoms with van der Waals surface area (Å²) in [4.78, 5) is 45.0. The molecule has 2 heterocycles. The van der Waals surface area contributed by atoms with Crippen LogP contribution in [0.4, 0.5) is 5.82 Å². The predicted molar refractivity (Wildman–Crippen MR) is 145 cm³/mol. The van der Waals surface area contributed by atoms with Gasteiger partial charge in [-0.25, -0.2) is 4.98 Å². The van der Waals surface area contributed by atoms with Gasteiger partial charge in [0.2, 0.25) is 11.8 Å². The Balaban J connectivity index is 1.48. The van der Waals surface area contributed by atoms with E-state index in [2.05, 4.69) is 31.5 Å². The molecule has 1 aliphatic rings. The number of rotatable bonds is 8. The maximum absolute atomic E-state index is 13.3. The number of benzene rings is 2. The molecule has 1 atom stereocenters. The normalized spacial score (nSPS) is 14.1. The first-order valence-corrected chi connectivity index (χ1v) is 13.0. The maximum atomic E-state index is 13.3. The molecule has 4 rings (SSSR count). The minimum atomic E-state index is -1.00. The zero-order valence-electron chi connectivity index (χ0n) is 20.3. The van der Waals surface area contributed by atoms with E-state index in [1.165, 1.54) is 0 Å². The molecule has 3 aromatic rings. The lowest BCUT2D eigenvalue weighted by atomic mass is 9.99. The van der Waals surface area contributed by atoms with Crippen molar-refractivity contribution in [3.63, 3.8) is 0 Å². The molecule has 0 saturated carbocycles. The van der Waals surface area contributed by atoms with Crippen LogP contribution in [0, 0.1) is 0 Å². The number of nitrogens with one attached hydrogen (secondary N) is 2. The van der Waals surface area contributed by atoms with Crippen molar-refractivity contribution in [2.45, 2.75) is 38.3 Å². The van der Waals surface area contributed by atoms with Crippen LogP contribution in [-0.4, -0.2) is 51.8 Å². The number of nitrogens with zero attached hydrogens (tertiary/aromatic N) is 2. The summed E-state index contributed by atoms with van der Waals surface area (Å²) in [5, 5.41) is 15.1. The fourth-order valence-electron chi connectivity index (χ4n) is 4.35. The van der Waals surface area contributed by atoms with E-state index in [0.29, 0.717) is 24.5 Å². The van der Waals surface area contributed by atoms with Gasteiger partial charge in [0, 0.05) is 29.3 Å². The Morgan fingerprint density at radius 3 is 2.38 bits per heavy atom. The van der Waals surface area contributed by atoms with Crippen LogP contribution in [0.1, 0.15) is 41.6 Å². The Morgan fingerprint density at radius 1 is 0.973 bits per heavy atom. The van der Waals surface area contributed by atoms with Crippen LogP contribution in [0.3, 0.4) is 0 Å².